The van der Waals surface area contributed by atoms with Crippen molar-refractivity contribution in [3.8, 4) is 5.75 Å². The first kappa shape index (κ1) is 24.8. The first-order chi connectivity index (χ1) is 16.5. The van der Waals surface area contributed by atoms with Gasteiger partial charge in [-0.1, -0.05) is 0 Å². The Morgan fingerprint density at radius 2 is 1.80 bits per heavy atom. The Bertz CT molecular complexity index is 1340. The molecule has 1 N–H and O–H groups in total. The number of nitrogens with one attached hydrogen (secondary N) is 1. The van der Waals surface area contributed by atoms with Crippen molar-refractivity contribution < 1.29 is 27.1 Å². The van der Waals surface area contributed by atoms with Gasteiger partial charge in [-0.25, -0.2) is 21.6 Å². The maximum Gasteiger partial charge on any atom is 0.410 e. The van der Waals surface area contributed by atoms with Crippen LogP contribution in [-0.2, 0) is 14.8 Å². The molecule has 1 saturated heterocycles. The molecule has 0 bridgehead atoms. The summed E-state index contributed by atoms with van der Waals surface area (Å²) >= 11 is 0. The van der Waals surface area contributed by atoms with Crippen molar-refractivity contribution in [2.45, 2.75) is 50.2 Å². The van der Waals surface area contributed by atoms with Gasteiger partial charge in [0.15, 0.2) is 0 Å². The number of carbonyl (C=O) groups is 1. The third-order valence-electron chi connectivity index (χ3n) is 5.85. The molecule has 0 atom stereocenters. The molecule has 2 heterocycles. The number of ether oxygens (including phenoxy) is 2. The van der Waals surface area contributed by atoms with Crippen LogP contribution in [0.1, 0.15) is 33.6 Å². The van der Waals surface area contributed by atoms with Crippen molar-refractivity contribution in [1.82, 2.24) is 8.87 Å². The minimum atomic E-state index is -3.98. The van der Waals surface area contributed by atoms with E-state index in [9.17, 15) is 17.6 Å². The predicted octanol–water partition coefficient (Wildman–Crippen LogP) is 4.84. The van der Waals surface area contributed by atoms with Gasteiger partial charge in [0.05, 0.1) is 23.2 Å². The maximum absolute atomic E-state index is 13.8. The van der Waals surface area contributed by atoms with Crippen LogP contribution in [-0.4, -0.2) is 55.2 Å². The number of amides is 1. The number of hydrogen-bond donors (Lipinski definition) is 1. The van der Waals surface area contributed by atoms with Crippen LogP contribution in [0.2, 0.25) is 0 Å². The van der Waals surface area contributed by atoms with Gasteiger partial charge in [0.2, 0.25) is 0 Å². The van der Waals surface area contributed by atoms with Crippen LogP contribution in [0, 0.1) is 5.82 Å². The van der Waals surface area contributed by atoms with Gasteiger partial charge in [-0.3, -0.25) is 0 Å². The minimum Gasteiger partial charge on any atom is -0.495 e. The normalized spacial score (nSPS) is 15.3. The fourth-order valence-corrected chi connectivity index (χ4v) is 5.49. The second-order valence-electron chi connectivity index (χ2n) is 9.57. The monoisotopic (exact) mass is 503 g/mol. The lowest BCUT2D eigenvalue weighted by atomic mass is 10.0. The number of rotatable bonds is 5. The lowest BCUT2D eigenvalue weighted by Crippen LogP contribution is -2.44. The number of fused-ring (bicyclic) bond motifs is 1. The van der Waals surface area contributed by atoms with E-state index in [0.717, 1.165) is 3.97 Å². The van der Waals surface area contributed by atoms with Gasteiger partial charge in [-0.2, -0.15) is 0 Å². The summed E-state index contributed by atoms with van der Waals surface area (Å²) in [6, 6.07) is 10.3. The Balaban J connectivity index is 1.54. The van der Waals surface area contributed by atoms with Crippen molar-refractivity contribution in [3.63, 3.8) is 0 Å². The van der Waals surface area contributed by atoms with E-state index in [2.05, 4.69) is 5.32 Å². The third-order valence-corrected chi connectivity index (χ3v) is 7.54. The number of benzene rings is 2. The summed E-state index contributed by atoms with van der Waals surface area (Å²) in [6.45, 7) is 6.54. The van der Waals surface area contributed by atoms with Gasteiger partial charge in [-0.05, 0) is 76.1 Å². The van der Waals surface area contributed by atoms with E-state index in [0.29, 0.717) is 42.8 Å². The van der Waals surface area contributed by atoms with Crippen molar-refractivity contribution in [3.05, 3.63) is 54.5 Å². The predicted molar refractivity (Wildman–Crippen MR) is 132 cm³/mol. The van der Waals surface area contributed by atoms with Crippen LogP contribution in [0.25, 0.3) is 10.9 Å². The van der Waals surface area contributed by atoms with E-state index < -0.39 is 21.4 Å². The molecule has 0 spiro atoms. The Labute approximate surface area is 204 Å². The molecular formula is C25H30FN3O5S. The van der Waals surface area contributed by atoms with E-state index in [4.69, 9.17) is 9.47 Å². The van der Waals surface area contributed by atoms with Crippen LogP contribution >= 0.6 is 0 Å². The zero-order valence-corrected chi connectivity index (χ0v) is 21.1. The zero-order valence-electron chi connectivity index (χ0n) is 20.2. The van der Waals surface area contributed by atoms with Crippen molar-refractivity contribution >= 4 is 32.7 Å². The first-order valence-corrected chi connectivity index (χ1v) is 12.9. The highest BCUT2D eigenvalue weighted by molar-refractivity contribution is 7.90. The van der Waals surface area contributed by atoms with E-state index in [1.165, 1.54) is 37.6 Å². The van der Waals surface area contributed by atoms with Gasteiger partial charge in [-0.15, -0.1) is 0 Å². The van der Waals surface area contributed by atoms with Crippen LogP contribution < -0.4 is 10.1 Å². The maximum atomic E-state index is 13.8. The Morgan fingerprint density at radius 3 is 2.46 bits per heavy atom. The molecule has 1 aliphatic rings. The molecule has 4 rings (SSSR count). The van der Waals surface area contributed by atoms with E-state index >= 15 is 0 Å². The average molecular weight is 504 g/mol. The Hall–Kier alpha value is -3.27. The summed E-state index contributed by atoms with van der Waals surface area (Å²) in [5.74, 6) is -0.00982. The molecule has 8 nitrogen and oxygen atoms in total. The van der Waals surface area contributed by atoms with Gasteiger partial charge in [0.1, 0.15) is 17.2 Å². The first-order valence-electron chi connectivity index (χ1n) is 11.4. The zero-order chi connectivity index (χ0) is 25.4. The van der Waals surface area contributed by atoms with Crippen molar-refractivity contribution in [2.75, 3.05) is 25.5 Å². The summed E-state index contributed by atoms with van der Waals surface area (Å²) in [5.41, 5.74) is 0.249. The van der Waals surface area contributed by atoms with Gasteiger partial charge in [0.25, 0.3) is 10.0 Å². The summed E-state index contributed by atoms with van der Waals surface area (Å²) in [5, 5.41) is 4.00. The topological polar surface area (TPSA) is 89.9 Å². The molecule has 188 valence electrons. The van der Waals surface area contributed by atoms with Crippen LogP contribution in [0.5, 0.6) is 5.75 Å². The fraction of sp³-hybridized carbons (Fsp3) is 0.400. The molecule has 0 saturated carbocycles. The highest BCUT2D eigenvalue weighted by atomic mass is 32.2. The highest BCUT2D eigenvalue weighted by Crippen LogP contribution is 2.32. The summed E-state index contributed by atoms with van der Waals surface area (Å²) in [4.78, 5) is 14.1. The van der Waals surface area contributed by atoms with Crippen LogP contribution in [0.3, 0.4) is 0 Å². The molecule has 2 aromatic carbocycles. The molecular weight excluding hydrogens is 473 g/mol. The van der Waals surface area contributed by atoms with Crippen molar-refractivity contribution in [2.24, 2.45) is 0 Å². The number of likely N-dealkylation sites (tertiary alicyclic amines) is 1. The van der Waals surface area contributed by atoms with Gasteiger partial charge >= 0.3 is 6.09 Å². The van der Waals surface area contributed by atoms with E-state index in [1.807, 2.05) is 20.8 Å². The molecule has 1 aliphatic heterocycles. The number of hydrogen-bond acceptors (Lipinski definition) is 6. The number of methoxy groups -OCH3 is 1. The van der Waals surface area contributed by atoms with E-state index in [-0.39, 0.29) is 22.5 Å². The summed E-state index contributed by atoms with van der Waals surface area (Å²) in [6.07, 6.45) is 2.42. The highest BCUT2D eigenvalue weighted by Gasteiger charge is 2.28. The smallest absolute Gasteiger partial charge is 0.410 e. The molecule has 35 heavy (non-hydrogen) atoms. The average Bonchev–Trinajstić information content (AvgIpc) is 3.22. The Kier molecular flexibility index (Phi) is 6.68. The summed E-state index contributed by atoms with van der Waals surface area (Å²) in [7, 11) is -2.46. The lowest BCUT2D eigenvalue weighted by Gasteiger charge is -2.34. The van der Waals surface area contributed by atoms with Gasteiger partial charge < -0.3 is 19.7 Å². The minimum absolute atomic E-state index is 0.0158. The number of piperidine rings is 1. The third kappa shape index (κ3) is 5.37. The molecule has 0 unspecified atom stereocenters. The number of carbonyl (C=O) groups excluding carboxylic acids is 1. The quantitative estimate of drug-likeness (QED) is 0.536. The number of aromatic nitrogens is 1. The standard InChI is InChI=1S/C25H30FN3O5S/c1-25(2,3)34-24(30)28-12-10-19(11-13-28)27-21-16-20(7-8-23(21)33-4)35(31,32)29-14-9-17-5-6-18(26)15-22(17)29/h5-9,14-16,19,27H,10-13H2,1-4H3. The molecule has 1 amide bonds. The lowest BCUT2D eigenvalue weighted by molar-refractivity contribution is 0.0210. The molecule has 1 aromatic heterocycles. The number of nitrogens with zero attached hydrogens (tertiary/aromatic N) is 2. The van der Waals surface area contributed by atoms with Gasteiger partial charge in [0, 0.05) is 30.7 Å². The second kappa shape index (κ2) is 9.41. The molecule has 3 aromatic rings. The molecule has 0 aliphatic carbocycles. The summed E-state index contributed by atoms with van der Waals surface area (Å²) < 4.78 is 52.6. The number of anilines is 1. The van der Waals surface area contributed by atoms with Crippen LogP contribution in [0.15, 0.2) is 53.6 Å². The molecule has 10 heteroatoms. The Morgan fingerprint density at radius 1 is 1.09 bits per heavy atom. The number of halogens is 1. The fourth-order valence-electron chi connectivity index (χ4n) is 4.11. The molecule has 1 fully saturated rings. The second-order valence-corrected chi connectivity index (χ2v) is 11.4. The van der Waals surface area contributed by atoms with E-state index in [1.54, 1.807) is 23.1 Å². The largest absolute Gasteiger partial charge is 0.495 e. The SMILES string of the molecule is COc1ccc(S(=O)(=O)n2ccc3ccc(F)cc32)cc1NC1CCN(C(=O)OC(C)(C)C)CC1. The van der Waals surface area contributed by atoms with Crippen LogP contribution in [0.4, 0.5) is 14.9 Å². The van der Waals surface area contributed by atoms with Crippen molar-refractivity contribution in [1.29, 1.82) is 0 Å². The molecule has 0 radical (unpaired) electrons.